The number of benzene rings is 2. The molecule has 25 heavy (non-hydrogen) atoms. The zero-order valence-electron chi connectivity index (χ0n) is 13.8. The van der Waals surface area contributed by atoms with Gasteiger partial charge in [-0.2, -0.15) is 5.26 Å². The summed E-state index contributed by atoms with van der Waals surface area (Å²) in [5.74, 6) is -0.362. The first-order valence-electron chi connectivity index (χ1n) is 7.83. The average molecular weight is 354 g/mol. The van der Waals surface area contributed by atoms with Crippen LogP contribution in [0.4, 0.5) is 5.69 Å². The summed E-state index contributed by atoms with van der Waals surface area (Å²) in [5.41, 5.74) is 1.53. The Balaban J connectivity index is 2.06. The highest BCUT2D eigenvalue weighted by molar-refractivity contribution is 7.99. The molecule has 0 aliphatic rings. The molecule has 0 aromatic heterocycles. The van der Waals surface area contributed by atoms with E-state index in [9.17, 15) is 9.59 Å². The van der Waals surface area contributed by atoms with Gasteiger partial charge < -0.3 is 10.1 Å². The number of nitrogens with zero attached hydrogens (tertiary/aromatic N) is 1. The average Bonchev–Trinajstić information content (AvgIpc) is 2.65. The topological polar surface area (TPSA) is 79.2 Å². The van der Waals surface area contributed by atoms with Gasteiger partial charge in [0.05, 0.1) is 29.6 Å². The lowest BCUT2D eigenvalue weighted by Crippen LogP contribution is -2.13. The molecule has 0 fully saturated rings. The first-order valence-corrected chi connectivity index (χ1v) is 8.81. The van der Waals surface area contributed by atoms with Crippen molar-refractivity contribution in [2.75, 3.05) is 17.7 Å². The molecule has 1 amide bonds. The maximum Gasteiger partial charge on any atom is 0.338 e. The molecule has 2 rings (SSSR count). The number of thioether (sulfide) groups is 1. The fourth-order valence-corrected chi connectivity index (χ4v) is 2.77. The molecule has 0 radical (unpaired) electrons. The molecule has 1 N–H and O–H groups in total. The summed E-state index contributed by atoms with van der Waals surface area (Å²) in [6.07, 6.45) is 0.767. The summed E-state index contributed by atoms with van der Waals surface area (Å²) in [6.45, 7) is 2.31. The number of anilines is 1. The molecule has 0 saturated heterocycles. The van der Waals surface area contributed by atoms with Gasteiger partial charge in [-0.05, 0) is 42.8 Å². The van der Waals surface area contributed by atoms with Gasteiger partial charge in [-0.15, -0.1) is 11.8 Å². The number of rotatable bonds is 7. The number of hydrogen-bond donors (Lipinski definition) is 1. The van der Waals surface area contributed by atoms with E-state index in [1.165, 1.54) is 11.8 Å². The standard InChI is InChI=1S/C19H18N2O3S/c1-2-12-24-19(23)14-7-9-15(10-8-14)21-18(22)16-5-3-4-6-17(16)25-13-11-20/h3-10H,2,12-13H2,1H3,(H,21,22). The Hall–Kier alpha value is -2.78. The van der Waals surface area contributed by atoms with Crippen molar-refractivity contribution in [3.05, 3.63) is 59.7 Å². The molecule has 0 bridgehead atoms. The lowest BCUT2D eigenvalue weighted by Gasteiger charge is -2.09. The fraction of sp³-hybridized carbons (Fsp3) is 0.211. The highest BCUT2D eigenvalue weighted by atomic mass is 32.2. The van der Waals surface area contributed by atoms with Gasteiger partial charge in [0.1, 0.15) is 0 Å². The van der Waals surface area contributed by atoms with E-state index in [2.05, 4.69) is 11.4 Å². The van der Waals surface area contributed by atoms with Crippen LogP contribution in [0, 0.1) is 11.3 Å². The van der Waals surface area contributed by atoms with Gasteiger partial charge in [0.15, 0.2) is 0 Å². The molecule has 128 valence electrons. The minimum Gasteiger partial charge on any atom is -0.462 e. The van der Waals surface area contributed by atoms with Crippen LogP contribution >= 0.6 is 11.8 Å². The van der Waals surface area contributed by atoms with Crippen molar-refractivity contribution in [2.45, 2.75) is 18.2 Å². The van der Waals surface area contributed by atoms with Crippen molar-refractivity contribution in [1.82, 2.24) is 0 Å². The first-order chi connectivity index (χ1) is 12.2. The number of nitriles is 1. The molecule has 0 aliphatic heterocycles. The van der Waals surface area contributed by atoms with Crippen LogP contribution in [0.2, 0.25) is 0 Å². The van der Waals surface area contributed by atoms with E-state index in [0.717, 1.165) is 11.3 Å². The molecule has 0 atom stereocenters. The largest absolute Gasteiger partial charge is 0.462 e. The summed E-state index contributed by atoms with van der Waals surface area (Å²) in [5, 5.41) is 11.5. The zero-order valence-corrected chi connectivity index (χ0v) is 14.6. The number of carbonyl (C=O) groups excluding carboxylic acids is 2. The van der Waals surface area contributed by atoms with Crippen LogP contribution in [0.1, 0.15) is 34.1 Å². The molecule has 6 heteroatoms. The monoisotopic (exact) mass is 354 g/mol. The minimum absolute atomic E-state index is 0.262. The third-order valence-corrected chi connectivity index (χ3v) is 4.18. The third kappa shape index (κ3) is 5.37. The van der Waals surface area contributed by atoms with E-state index >= 15 is 0 Å². The third-order valence-electron chi connectivity index (χ3n) is 3.24. The van der Waals surface area contributed by atoms with Crippen LogP contribution in [0.15, 0.2) is 53.4 Å². The molecule has 0 aliphatic carbocycles. The summed E-state index contributed by atoms with van der Waals surface area (Å²) in [6, 6.07) is 15.7. The number of carbonyl (C=O) groups is 2. The van der Waals surface area contributed by atoms with E-state index in [1.54, 1.807) is 36.4 Å². The fourth-order valence-electron chi connectivity index (χ4n) is 2.06. The predicted octanol–water partition coefficient (Wildman–Crippen LogP) is 4.12. The first kappa shape index (κ1) is 18.6. The number of nitrogens with one attached hydrogen (secondary N) is 1. The van der Waals surface area contributed by atoms with E-state index in [0.29, 0.717) is 23.4 Å². The van der Waals surface area contributed by atoms with Crippen LogP contribution in [0.25, 0.3) is 0 Å². The van der Waals surface area contributed by atoms with Crippen molar-refractivity contribution in [1.29, 1.82) is 5.26 Å². The van der Waals surface area contributed by atoms with Crippen molar-refractivity contribution in [3.8, 4) is 6.07 Å². The van der Waals surface area contributed by atoms with Crippen molar-refractivity contribution in [2.24, 2.45) is 0 Å². The molecular formula is C19H18N2O3S. The minimum atomic E-state index is -0.377. The Bertz CT molecular complexity index is 782. The smallest absolute Gasteiger partial charge is 0.338 e. The summed E-state index contributed by atoms with van der Waals surface area (Å²) in [4.78, 5) is 25.0. The predicted molar refractivity (Wildman–Crippen MR) is 97.7 cm³/mol. The van der Waals surface area contributed by atoms with Crippen LogP contribution < -0.4 is 5.32 Å². The van der Waals surface area contributed by atoms with Gasteiger partial charge in [0.2, 0.25) is 0 Å². The van der Waals surface area contributed by atoms with Gasteiger partial charge >= 0.3 is 5.97 Å². The van der Waals surface area contributed by atoms with Gasteiger partial charge in [0, 0.05) is 10.6 Å². The maximum atomic E-state index is 12.5. The number of ether oxygens (including phenoxy) is 1. The lowest BCUT2D eigenvalue weighted by molar-refractivity contribution is 0.0505. The highest BCUT2D eigenvalue weighted by Gasteiger charge is 2.12. The van der Waals surface area contributed by atoms with Gasteiger partial charge in [-0.25, -0.2) is 4.79 Å². The molecule has 0 heterocycles. The second-order valence-corrected chi connectivity index (χ2v) is 6.13. The van der Waals surface area contributed by atoms with Crippen LogP contribution in [-0.2, 0) is 4.74 Å². The number of amides is 1. The highest BCUT2D eigenvalue weighted by Crippen LogP contribution is 2.23. The molecule has 0 saturated carbocycles. The van der Waals surface area contributed by atoms with Crippen LogP contribution in [0.5, 0.6) is 0 Å². The van der Waals surface area contributed by atoms with Crippen molar-refractivity contribution in [3.63, 3.8) is 0 Å². The molecule has 5 nitrogen and oxygen atoms in total. The number of hydrogen-bond acceptors (Lipinski definition) is 5. The van der Waals surface area contributed by atoms with Crippen LogP contribution in [0.3, 0.4) is 0 Å². The van der Waals surface area contributed by atoms with Crippen LogP contribution in [-0.4, -0.2) is 24.2 Å². The van der Waals surface area contributed by atoms with E-state index < -0.39 is 0 Å². The molecule has 0 unspecified atom stereocenters. The summed E-state index contributed by atoms with van der Waals surface area (Å²) >= 11 is 1.32. The van der Waals surface area contributed by atoms with Crippen molar-refractivity contribution >= 4 is 29.3 Å². The Morgan fingerprint density at radius 3 is 2.56 bits per heavy atom. The van der Waals surface area contributed by atoms with E-state index in [-0.39, 0.29) is 17.6 Å². The molecule has 2 aromatic carbocycles. The van der Waals surface area contributed by atoms with E-state index in [1.807, 2.05) is 19.1 Å². The number of esters is 1. The molecule has 2 aromatic rings. The van der Waals surface area contributed by atoms with Gasteiger partial charge in [0.25, 0.3) is 5.91 Å². The Labute approximate surface area is 151 Å². The maximum absolute atomic E-state index is 12.5. The summed E-state index contributed by atoms with van der Waals surface area (Å²) < 4.78 is 5.07. The Kier molecular flexibility index (Phi) is 7.05. The summed E-state index contributed by atoms with van der Waals surface area (Å²) in [7, 11) is 0. The Morgan fingerprint density at radius 1 is 1.16 bits per heavy atom. The zero-order chi connectivity index (χ0) is 18.1. The quantitative estimate of drug-likeness (QED) is 0.597. The SMILES string of the molecule is CCCOC(=O)c1ccc(NC(=O)c2ccccc2SCC#N)cc1. The second-order valence-electron chi connectivity index (χ2n) is 5.11. The van der Waals surface area contributed by atoms with Crippen molar-refractivity contribution < 1.29 is 14.3 Å². The lowest BCUT2D eigenvalue weighted by atomic mass is 10.2. The van der Waals surface area contributed by atoms with Gasteiger partial charge in [-0.3, -0.25) is 4.79 Å². The molecule has 0 spiro atoms. The molecular weight excluding hydrogens is 336 g/mol. The Morgan fingerprint density at radius 2 is 1.88 bits per heavy atom. The van der Waals surface area contributed by atoms with E-state index in [4.69, 9.17) is 10.00 Å². The normalized spacial score (nSPS) is 9.92. The van der Waals surface area contributed by atoms with Gasteiger partial charge in [-0.1, -0.05) is 19.1 Å². The second kappa shape index (κ2) is 9.50.